The highest BCUT2D eigenvalue weighted by atomic mass is 35.5. The van der Waals surface area contributed by atoms with Crippen LogP contribution in [0.5, 0.6) is 0 Å². The third-order valence-corrected chi connectivity index (χ3v) is 3.87. The van der Waals surface area contributed by atoms with Crippen LogP contribution in [0.2, 0.25) is 5.02 Å². The molecule has 2 N–H and O–H groups in total. The molecule has 6 heteroatoms. The maximum atomic E-state index is 11.0. The van der Waals surface area contributed by atoms with Gasteiger partial charge in [-0.3, -0.25) is 0 Å². The number of rotatable bonds is 5. The van der Waals surface area contributed by atoms with Gasteiger partial charge in [-0.1, -0.05) is 17.7 Å². The fourth-order valence-corrected chi connectivity index (χ4v) is 2.81. The van der Waals surface area contributed by atoms with Crippen molar-refractivity contribution >= 4 is 34.7 Å². The maximum absolute atomic E-state index is 11.0. The molecule has 0 fully saturated rings. The molecular weight excluding hydrogens is 284 g/mol. The second-order valence-corrected chi connectivity index (χ2v) is 5.57. The van der Waals surface area contributed by atoms with Crippen molar-refractivity contribution in [2.45, 2.75) is 19.4 Å². The lowest BCUT2D eigenvalue weighted by atomic mass is 10.2. The SMILES string of the molecule is CC(Cc1cccs1)Nc1nccc(C(=O)O)c1Cl. The fourth-order valence-electron chi connectivity index (χ4n) is 1.72. The first-order valence-corrected chi connectivity index (χ1v) is 7.00. The molecular formula is C13H13ClN2O2S. The quantitative estimate of drug-likeness (QED) is 0.886. The Morgan fingerprint density at radius 1 is 1.58 bits per heavy atom. The standard InChI is InChI=1S/C13H13ClN2O2S/c1-8(7-9-3-2-6-19-9)16-12-11(14)10(13(17)18)4-5-15-12/h2-6,8H,7H2,1H3,(H,15,16)(H,17,18). The van der Waals surface area contributed by atoms with Gasteiger partial charge < -0.3 is 10.4 Å². The highest BCUT2D eigenvalue weighted by Crippen LogP contribution is 2.24. The predicted molar refractivity (Wildman–Crippen MR) is 77.3 cm³/mol. The molecule has 0 radical (unpaired) electrons. The Morgan fingerprint density at radius 3 is 3.00 bits per heavy atom. The van der Waals surface area contributed by atoms with Crippen molar-refractivity contribution in [3.05, 3.63) is 45.2 Å². The minimum Gasteiger partial charge on any atom is -0.478 e. The molecule has 0 aromatic carbocycles. The van der Waals surface area contributed by atoms with Crippen LogP contribution in [-0.4, -0.2) is 22.1 Å². The number of hydrogen-bond acceptors (Lipinski definition) is 4. The monoisotopic (exact) mass is 296 g/mol. The normalized spacial score (nSPS) is 12.1. The fraction of sp³-hybridized carbons (Fsp3) is 0.231. The summed E-state index contributed by atoms with van der Waals surface area (Å²) >= 11 is 7.71. The number of aromatic nitrogens is 1. The summed E-state index contributed by atoms with van der Waals surface area (Å²) in [4.78, 5) is 16.3. The largest absolute Gasteiger partial charge is 0.478 e. The number of halogens is 1. The van der Waals surface area contributed by atoms with Gasteiger partial charge in [0.15, 0.2) is 0 Å². The zero-order chi connectivity index (χ0) is 13.8. The lowest BCUT2D eigenvalue weighted by Crippen LogP contribution is -2.19. The van der Waals surface area contributed by atoms with E-state index >= 15 is 0 Å². The van der Waals surface area contributed by atoms with Crippen LogP contribution in [0.1, 0.15) is 22.2 Å². The molecule has 0 aliphatic heterocycles. The molecule has 2 rings (SSSR count). The first-order valence-electron chi connectivity index (χ1n) is 5.74. The van der Waals surface area contributed by atoms with Crippen LogP contribution in [0.25, 0.3) is 0 Å². The zero-order valence-electron chi connectivity index (χ0n) is 10.3. The van der Waals surface area contributed by atoms with Crippen LogP contribution >= 0.6 is 22.9 Å². The van der Waals surface area contributed by atoms with Crippen LogP contribution in [-0.2, 0) is 6.42 Å². The van der Waals surface area contributed by atoms with Crippen LogP contribution in [0.3, 0.4) is 0 Å². The van der Waals surface area contributed by atoms with Gasteiger partial charge in [0.2, 0.25) is 0 Å². The summed E-state index contributed by atoms with van der Waals surface area (Å²) in [5.41, 5.74) is 0.0579. The average Bonchev–Trinajstić information content (AvgIpc) is 2.84. The van der Waals surface area contributed by atoms with Gasteiger partial charge in [0.05, 0.1) is 10.6 Å². The van der Waals surface area contributed by atoms with Crippen molar-refractivity contribution in [1.29, 1.82) is 0 Å². The molecule has 0 aliphatic rings. The molecule has 1 unspecified atom stereocenters. The molecule has 0 saturated heterocycles. The van der Waals surface area contributed by atoms with Crippen molar-refractivity contribution in [2.75, 3.05) is 5.32 Å². The van der Waals surface area contributed by atoms with Gasteiger partial charge in [0.1, 0.15) is 5.82 Å². The third kappa shape index (κ3) is 3.45. The highest BCUT2D eigenvalue weighted by molar-refractivity contribution is 7.09. The van der Waals surface area contributed by atoms with Crippen molar-refractivity contribution in [1.82, 2.24) is 4.98 Å². The van der Waals surface area contributed by atoms with Gasteiger partial charge in [-0.15, -0.1) is 11.3 Å². The smallest absolute Gasteiger partial charge is 0.337 e. The number of nitrogens with one attached hydrogen (secondary N) is 1. The second-order valence-electron chi connectivity index (χ2n) is 4.16. The number of anilines is 1. The molecule has 2 aromatic heterocycles. The van der Waals surface area contributed by atoms with Gasteiger partial charge in [0, 0.05) is 23.5 Å². The van der Waals surface area contributed by atoms with Crippen molar-refractivity contribution < 1.29 is 9.90 Å². The van der Waals surface area contributed by atoms with Crippen LogP contribution in [0.4, 0.5) is 5.82 Å². The van der Waals surface area contributed by atoms with E-state index < -0.39 is 5.97 Å². The number of aromatic carboxylic acids is 1. The van der Waals surface area contributed by atoms with Crippen molar-refractivity contribution in [2.24, 2.45) is 0 Å². The number of carbonyl (C=O) groups is 1. The molecule has 0 aliphatic carbocycles. The summed E-state index contributed by atoms with van der Waals surface area (Å²) < 4.78 is 0. The number of hydrogen-bond donors (Lipinski definition) is 2. The van der Waals surface area contributed by atoms with E-state index in [1.54, 1.807) is 11.3 Å². The molecule has 2 aromatic rings. The summed E-state index contributed by atoms with van der Waals surface area (Å²) in [7, 11) is 0. The van der Waals surface area contributed by atoms with E-state index in [1.165, 1.54) is 17.1 Å². The second kappa shape index (κ2) is 6.04. The molecule has 0 amide bonds. The van der Waals surface area contributed by atoms with Crippen molar-refractivity contribution in [3.63, 3.8) is 0 Å². The van der Waals surface area contributed by atoms with Gasteiger partial charge in [-0.05, 0) is 24.4 Å². The lowest BCUT2D eigenvalue weighted by molar-refractivity contribution is 0.0697. The Hall–Kier alpha value is -1.59. The first-order chi connectivity index (χ1) is 9.08. The summed E-state index contributed by atoms with van der Waals surface area (Å²) in [6.07, 6.45) is 2.28. The van der Waals surface area contributed by atoms with E-state index in [0.29, 0.717) is 5.82 Å². The number of thiophene rings is 1. The Morgan fingerprint density at radius 2 is 2.37 bits per heavy atom. The van der Waals surface area contributed by atoms with Gasteiger partial charge >= 0.3 is 5.97 Å². The molecule has 0 bridgehead atoms. The maximum Gasteiger partial charge on any atom is 0.337 e. The first kappa shape index (κ1) is 13.8. The summed E-state index contributed by atoms with van der Waals surface area (Å²) in [5.74, 6) is -0.646. The Kier molecular flexibility index (Phi) is 4.39. The number of pyridine rings is 1. The Labute approximate surface area is 120 Å². The van der Waals surface area contributed by atoms with E-state index in [4.69, 9.17) is 16.7 Å². The minimum atomic E-state index is -1.05. The molecule has 0 saturated carbocycles. The molecule has 0 spiro atoms. The molecule has 100 valence electrons. The van der Waals surface area contributed by atoms with Crippen LogP contribution in [0.15, 0.2) is 29.8 Å². The summed E-state index contributed by atoms with van der Waals surface area (Å²) in [6.45, 7) is 2.01. The molecule has 1 atom stereocenters. The van der Waals surface area contributed by atoms with Crippen LogP contribution < -0.4 is 5.32 Å². The summed E-state index contributed by atoms with van der Waals surface area (Å²) in [6, 6.07) is 5.57. The molecule has 4 nitrogen and oxygen atoms in total. The van der Waals surface area contributed by atoms with Gasteiger partial charge in [-0.25, -0.2) is 9.78 Å². The van der Waals surface area contributed by atoms with Crippen molar-refractivity contribution in [3.8, 4) is 0 Å². The van der Waals surface area contributed by atoms with Gasteiger partial charge in [0.25, 0.3) is 0 Å². The van der Waals surface area contributed by atoms with E-state index in [2.05, 4.69) is 16.4 Å². The molecule has 19 heavy (non-hydrogen) atoms. The molecule has 2 heterocycles. The Bertz CT molecular complexity index is 572. The zero-order valence-corrected chi connectivity index (χ0v) is 11.8. The van der Waals surface area contributed by atoms with E-state index in [-0.39, 0.29) is 16.6 Å². The van der Waals surface area contributed by atoms with Crippen LogP contribution in [0, 0.1) is 0 Å². The van der Waals surface area contributed by atoms with E-state index in [0.717, 1.165) is 6.42 Å². The van der Waals surface area contributed by atoms with Gasteiger partial charge in [-0.2, -0.15) is 0 Å². The summed E-state index contributed by atoms with van der Waals surface area (Å²) in [5, 5.41) is 14.3. The average molecular weight is 297 g/mol. The number of carboxylic acids is 1. The topological polar surface area (TPSA) is 62.2 Å². The van der Waals surface area contributed by atoms with E-state index in [9.17, 15) is 4.79 Å². The lowest BCUT2D eigenvalue weighted by Gasteiger charge is -2.15. The number of carboxylic acid groups (broad SMARTS) is 1. The minimum absolute atomic E-state index is 0.0579. The number of nitrogens with zero attached hydrogens (tertiary/aromatic N) is 1. The highest BCUT2D eigenvalue weighted by Gasteiger charge is 2.15. The third-order valence-electron chi connectivity index (χ3n) is 2.59. The Balaban J connectivity index is 2.10. The predicted octanol–water partition coefficient (Wildman–Crippen LogP) is 3.54. The van der Waals surface area contributed by atoms with E-state index in [1.807, 2.05) is 18.4 Å².